The summed E-state index contributed by atoms with van der Waals surface area (Å²) in [7, 11) is 0. The Morgan fingerprint density at radius 2 is 2.25 bits per heavy atom. The highest BCUT2D eigenvalue weighted by Gasteiger charge is 2.49. The molecule has 1 amide bonds. The molecule has 2 aromatic rings. The van der Waals surface area contributed by atoms with Crippen LogP contribution in [0.3, 0.4) is 0 Å². The van der Waals surface area contributed by atoms with Gasteiger partial charge in [0.25, 0.3) is 0 Å². The number of para-hydroxylation sites is 1. The zero-order valence-corrected chi connectivity index (χ0v) is 14.6. The van der Waals surface area contributed by atoms with Crippen LogP contribution in [0, 0.1) is 5.41 Å². The lowest BCUT2D eigenvalue weighted by molar-refractivity contribution is -0.138. The summed E-state index contributed by atoms with van der Waals surface area (Å²) >= 11 is 5.94. The van der Waals surface area contributed by atoms with Gasteiger partial charge in [-0.15, -0.1) is 18.2 Å². The monoisotopic (exact) mass is 342 g/mol. The van der Waals surface area contributed by atoms with Crippen LogP contribution in [-0.4, -0.2) is 28.2 Å². The Hall–Kier alpha value is -1.74. The minimum Gasteiger partial charge on any atom is -0.358 e. The molecule has 1 saturated heterocycles. The normalized spacial score (nSPS) is 26.0. The van der Waals surface area contributed by atoms with Gasteiger partial charge in [-0.05, 0) is 43.6 Å². The van der Waals surface area contributed by atoms with Gasteiger partial charge < -0.3 is 9.88 Å². The summed E-state index contributed by atoms with van der Waals surface area (Å²) in [4.78, 5) is 18.2. The quantitative estimate of drug-likeness (QED) is 0.643. The second-order valence-electron chi connectivity index (χ2n) is 7.14. The van der Waals surface area contributed by atoms with E-state index in [-0.39, 0.29) is 23.2 Å². The fourth-order valence-corrected chi connectivity index (χ4v) is 5.13. The van der Waals surface area contributed by atoms with Gasteiger partial charge in [0, 0.05) is 28.7 Å². The van der Waals surface area contributed by atoms with Gasteiger partial charge in [-0.1, -0.05) is 24.3 Å². The largest absolute Gasteiger partial charge is 0.358 e. The number of likely N-dealkylation sites (tertiary alicyclic amines) is 1. The van der Waals surface area contributed by atoms with E-state index in [0.29, 0.717) is 0 Å². The Kier molecular flexibility index (Phi) is 3.92. The van der Waals surface area contributed by atoms with Crippen molar-refractivity contribution in [2.45, 2.75) is 38.1 Å². The molecule has 2 heterocycles. The molecule has 1 aromatic heterocycles. The molecule has 0 saturated carbocycles. The smallest absolute Gasteiger partial charge is 0.238 e. The van der Waals surface area contributed by atoms with E-state index < -0.39 is 0 Å². The maximum atomic E-state index is 12.6. The molecule has 4 heteroatoms. The number of aromatic nitrogens is 1. The van der Waals surface area contributed by atoms with Crippen molar-refractivity contribution in [3.63, 3.8) is 0 Å². The molecule has 2 aliphatic rings. The van der Waals surface area contributed by atoms with Crippen LogP contribution in [-0.2, 0) is 11.2 Å². The second-order valence-corrected chi connectivity index (χ2v) is 7.41. The number of rotatable bonds is 3. The zero-order valence-electron chi connectivity index (χ0n) is 13.9. The van der Waals surface area contributed by atoms with Crippen LogP contribution >= 0.6 is 11.6 Å². The fraction of sp³-hybridized carbons (Fsp3) is 0.450. The van der Waals surface area contributed by atoms with E-state index in [4.69, 9.17) is 11.6 Å². The van der Waals surface area contributed by atoms with Crippen molar-refractivity contribution in [1.29, 1.82) is 0 Å². The molecule has 2 atom stereocenters. The number of benzene rings is 1. The van der Waals surface area contributed by atoms with E-state index in [1.54, 1.807) is 0 Å². The lowest BCUT2D eigenvalue weighted by Crippen LogP contribution is -2.51. The van der Waals surface area contributed by atoms with Gasteiger partial charge in [0.05, 0.1) is 6.04 Å². The van der Waals surface area contributed by atoms with E-state index in [2.05, 4.69) is 35.8 Å². The minimum atomic E-state index is 0.0490. The van der Waals surface area contributed by atoms with Crippen molar-refractivity contribution in [3.8, 4) is 0 Å². The predicted molar refractivity (Wildman–Crippen MR) is 98.3 cm³/mol. The summed E-state index contributed by atoms with van der Waals surface area (Å²) in [5, 5.41) is 1.25. The summed E-state index contributed by atoms with van der Waals surface area (Å²) in [5.41, 5.74) is 3.87. The van der Waals surface area contributed by atoms with Crippen LogP contribution in [0.2, 0.25) is 0 Å². The molecular formula is C20H23ClN2O. The molecule has 0 radical (unpaired) electrons. The van der Waals surface area contributed by atoms with Gasteiger partial charge in [-0.3, -0.25) is 4.79 Å². The Balaban J connectivity index is 1.93. The first-order valence-electron chi connectivity index (χ1n) is 8.76. The van der Waals surface area contributed by atoms with E-state index in [0.717, 1.165) is 38.6 Å². The van der Waals surface area contributed by atoms with E-state index in [1.807, 2.05) is 11.0 Å². The predicted octanol–water partition coefficient (Wildman–Crippen LogP) is 4.58. The average Bonchev–Trinajstić information content (AvgIpc) is 2.99. The lowest BCUT2D eigenvalue weighted by atomic mass is 9.62. The van der Waals surface area contributed by atoms with Crippen molar-refractivity contribution >= 4 is 28.4 Å². The molecule has 1 aliphatic heterocycles. The van der Waals surface area contributed by atoms with Crippen molar-refractivity contribution < 1.29 is 4.79 Å². The molecular weight excluding hydrogens is 320 g/mol. The van der Waals surface area contributed by atoms with E-state index >= 15 is 0 Å². The topological polar surface area (TPSA) is 36.1 Å². The van der Waals surface area contributed by atoms with Crippen LogP contribution in [0.1, 0.15) is 43.0 Å². The highest BCUT2D eigenvalue weighted by atomic mass is 35.5. The number of hydrogen-bond donors (Lipinski definition) is 1. The summed E-state index contributed by atoms with van der Waals surface area (Å²) in [5.74, 6) is 0.103. The number of alkyl halides is 1. The third kappa shape index (κ3) is 2.21. The molecule has 0 bridgehead atoms. The van der Waals surface area contributed by atoms with E-state index in [9.17, 15) is 4.79 Å². The van der Waals surface area contributed by atoms with Crippen LogP contribution in [0.15, 0.2) is 36.9 Å². The SMILES string of the molecule is C=CC[C@@]12CCCN(C(=O)CCl)[C@@H]1c1c([nH]c3ccccc13)CC2. The number of carbonyl (C=O) groups is 1. The third-order valence-corrected chi connectivity index (χ3v) is 6.15. The molecule has 4 rings (SSSR count). The van der Waals surface area contributed by atoms with Gasteiger partial charge in [0.15, 0.2) is 0 Å². The molecule has 24 heavy (non-hydrogen) atoms. The number of hydrogen-bond acceptors (Lipinski definition) is 1. The summed E-state index contributed by atoms with van der Waals surface area (Å²) in [6.45, 7) is 4.80. The highest BCUT2D eigenvalue weighted by Crippen LogP contribution is 2.56. The van der Waals surface area contributed by atoms with Crippen LogP contribution < -0.4 is 0 Å². The number of nitrogens with zero attached hydrogens (tertiary/aromatic N) is 1. The number of halogens is 1. The number of nitrogens with one attached hydrogen (secondary N) is 1. The molecule has 126 valence electrons. The number of H-pyrrole nitrogens is 1. The van der Waals surface area contributed by atoms with Gasteiger partial charge >= 0.3 is 0 Å². The first-order valence-corrected chi connectivity index (χ1v) is 9.29. The number of aromatic amines is 1. The number of carbonyl (C=O) groups excluding carboxylic acids is 1. The number of piperidine rings is 1. The van der Waals surface area contributed by atoms with Gasteiger partial charge in [0.1, 0.15) is 5.88 Å². The molecule has 0 spiro atoms. The third-order valence-electron chi connectivity index (χ3n) is 5.93. The number of allylic oxidation sites excluding steroid dienone is 1. The Morgan fingerprint density at radius 3 is 3.04 bits per heavy atom. The van der Waals surface area contributed by atoms with Crippen LogP contribution in [0.5, 0.6) is 0 Å². The molecule has 1 aromatic carbocycles. The number of fused-ring (bicyclic) bond motifs is 5. The number of amides is 1. The van der Waals surface area contributed by atoms with Crippen molar-refractivity contribution in [1.82, 2.24) is 9.88 Å². The highest BCUT2D eigenvalue weighted by molar-refractivity contribution is 6.27. The van der Waals surface area contributed by atoms with Crippen molar-refractivity contribution in [2.75, 3.05) is 12.4 Å². The first-order chi connectivity index (χ1) is 11.7. The van der Waals surface area contributed by atoms with Crippen molar-refractivity contribution in [2.24, 2.45) is 5.41 Å². The maximum Gasteiger partial charge on any atom is 0.238 e. The Bertz CT molecular complexity index is 796. The summed E-state index contributed by atoms with van der Waals surface area (Å²) in [6, 6.07) is 8.54. The van der Waals surface area contributed by atoms with Crippen LogP contribution in [0.4, 0.5) is 0 Å². The lowest BCUT2D eigenvalue weighted by Gasteiger charge is -2.52. The molecule has 0 unspecified atom stereocenters. The number of aryl methyl sites for hydroxylation is 1. The van der Waals surface area contributed by atoms with Gasteiger partial charge in [-0.2, -0.15) is 0 Å². The van der Waals surface area contributed by atoms with E-state index in [1.165, 1.54) is 22.2 Å². The first kappa shape index (κ1) is 15.8. The standard InChI is InChI=1S/C20H23ClN2O/c1-2-9-20-10-5-12-23(17(24)13-21)19(20)18-14-6-3-4-7-15(14)22-16(18)8-11-20/h2-4,6-7,19,22H,1,5,8-13H2/t19-,20+/m1/s1. The summed E-state index contributed by atoms with van der Waals surface area (Å²) in [6.07, 6.45) is 7.30. The second kappa shape index (κ2) is 5.96. The molecule has 3 nitrogen and oxygen atoms in total. The maximum absolute atomic E-state index is 12.6. The fourth-order valence-electron chi connectivity index (χ4n) is 4.97. The summed E-state index contributed by atoms with van der Waals surface area (Å²) < 4.78 is 0. The minimum absolute atomic E-state index is 0.0490. The average molecular weight is 343 g/mol. The Morgan fingerprint density at radius 1 is 1.42 bits per heavy atom. The molecule has 1 N–H and O–H groups in total. The Labute approximate surface area is 147 Å². The molecule has 1 fully saturated rings. The molecule has 1 aliphatic carbocycles. The van der Waals surface area contributed by atoms with Gasteiger partial charge in [-0.25, -0.2) is 0 Å². The zero-order chi connectivity index (χ0) is 16.7. The van der Waals surface area contributed by atoms with Crippen LogP contribution in [0.25, 0.3) is 10.9 Å². The van der Waals surface area contributed by atoms with Gasteiger partial charge in [0.2, 0.25) is 5.91 Å². The van der Waals surface area contributed by atoms with Crippen molar-refractivity contribution in [3.05, 3.63) is 48.2 Å².